The minimum absolute atomic E-state index is 0.180. The summed E-state index contributed by atoms with van der Waals surface area (Å²) in [5.74, 6) is 1.46. The standard InChI is InChI=1S/C20H30N2O3/c1-12(2)7-8-14(19(21)23)18-15-10-17(25-6)16(24-5)9-13(15)11-20(3,4)22-18/h9-10,12,22H,7-8,11H2,1-6H3,(H2,21,23). The van der Waals surface area contributed by atoms with Crippen LogP contribution in [-0.4, -0.2) is 25.7 Å². The average molecular weight is 346 g/mol. The number of methoxy groups -OCH3 is 2. The van der Waals surface area contributed by atoms with Gasteiger partial charge in [-0.1, -0.05) is 13.8 Å². The molecule has 0 unspecified atom stereocenters. The van der Waals surface area contributed by atoms with Crippen molar-refractivity contribution in [3.63, 3.8) is 0 Å². The third-order valence-electron chi connectivity index (χ3n) is 4.55. The molecule has 0 saturated heterocycles. The van der Waals surface area contributed by atoms with Crippen molar-refractivity contribution in [1.29, 1.82) is 0 Å². The van der Waals surface area contributed by atoms with Gasteiger partial charge in [-0.3, -0.25) is 4.79 Å². The van der Waals surface area contributed by atoms with Crippen molar-refractivity contribution in [2.24, 2.45) is 11.7 Å². The third kappa shape index (κ3) is 4.27. The molecule has 1 aliphatic rings. The SMILES string of the molecule is COc1cc2c(cc1OC)C(=C(CCC(C)C)C(N)=O)NC(C)(C)C2. The van der Waals surface area contributed by atoms with E-state index in [4.69, 9.17) is 15.2 Å². The monoisotopic (exact) mass is 346 g/mol. The maximum Gasteiger partial charge on any atom is 0.246 e. The van der Waals surface area contributed by atoms with E-state index in [0.717, 1.165) is 29.7 Å². The van der Waals surface area contributed by atoms with Gasteiger partial charge in [-0.2, -0.15) is 0 Å². The molecule has 0 aliphatic carbocycles. The van der Waals surface area contributed by atoms with Crippen LogP contribution in [0.15, 0.2) is 17.7 Å². The fourth-order valence-electron chi connectivity index (χ4n) is 3.27. The Kier molecular flexibility index (Phi) is 5.65. The van der Waals surface area contributed by atoms with Crippen LogP contribution in [0.3, 0.4) is 0 Å². The molecule has 0 atom stereocenters. The van der Waals surface area contributed by atoms with Crippen LogP contribution in [0.5, 0.6) is 11.5 Å². The van der Waals surface area contributed by atoms with Gasteiger partial charge in [0.2, 0.25) is 5.91 Å². The highest BCUT2D eigenvalue weighted by atomic mass is 16.5. The maximum absolute atomic E-state index is 12.2. The molecule has 5 nitrogen and oxygen atoms in total. The zero-order valence-corrected chi connectivity index (χ0v) is 16.2. The molecule has 0 radical (unpaired) electrons. The van der Waals surface area contributed by atoms with Crippen LogP contribution < -0.4 is 20.5 Å². The largest absolute Gasteiger partial charge is 0.493 e. The molecular formula is C20H30N2O3. The number of nitrogens with one attached hydrogen (secondary N) is 1. The van der Waals surface area contributed by atoms with Crippen molar-refractivity contribution in [3.8, 4) is 11.5 Å². The molecule has 0 aromatic heterocycles. The van der Waals surface area contributed by atoms with Crippen molar-refractivity contribution < 1.29 is 14.3 Å². The molecule has 2 rings (SSSR count). The summed E-state index contributed by atoms with van der Waals surface area (Å²) in [6, 6.07) is 3.93. The van der Waals surface area contributed by atoms with Crippen molar-refractivity contribution in [1.82, 2.24) is 5.32 Å². The highest BCUT2D eigenvalue weighted by Gasteiger charge is 2.31. The fraction of sp³-hybridized carbons (Fsp3) is 0.550. The van der Waals surface area contributed by atoms with Crippen molar-refractivity contribution in [2.45, 2.75) is 52.5 Å². The van der Waals surface area contributed by atoms with Gasteiger partial charge in [0, 0.05) is 16.7 Å². The minimum atomic E-state index is -0.374. The van der Waals surface area contributed by atoms with Crippen molar-refractivity contribution >= 4 is 11.6 Å². The molecule has 0 spiro atoms. The first-order valence-electron chi connectivity index (χ1n) is 8.75. The van der Waals surface area contributed by atoms with Gasteiger partial charge in [0.25, 0.3) is 0 Å². The molecule has 0 bridgehead atoms. The first-order chi connectivity index (χ1) is 11.7. The Morgan fingerprint density at radius 2 is 1.84 bits per heavy atom. The predicted molar refractivity (Wildman–Crippen MR) is 101 cm³/mol. The summed E-state index contributed by atoms with van der Waals surface area (Å²) < 4.78 is 10.9. The number of benzene rings is 1. The van der Waals surface area contributed by atoms with E-state index >= 15 is 0 Å². The molecule has 1 aromatic rings. The second kappa shape index (κ2) is 7.38. The Labute approximate surface area is 150 Å². The lowest BCUT2D eigenvalue weighted by Crippen LogP contribution is -2.45. The van der Waals surface area contributed by atoms with E-state index in [1.165, 1.54) is 0 Å². The van der Waals surface area contributed by atoms with Crippen LogP contribution in [0, 0.1) is 5.92 Å². The number of rotatable bonds is 6. The van der Waals surface area contributed by atoms with E-state index < -0.39 is 0 Å². The maximum atomic E-state index is 12.2. The van der Waals surface area contributed by atoms with Gasteiger partial charge in [0.1, 0.15) is 0 Å². The Morgan fingerprint density at radius 3 is 2.36 bits per heavy atom. The number of primary amides is 1. The summed E-state index contributed by atoms with van der Waals surface area (Å²) in [6.45, 7) is 8.52. The fourth-order valence-corrected chi connectivity index (χ4v) is 3.27. The lowest BCUT2D eigenvalue weighted by molar-refractivity contribution is -0.114. The summed E-state index contributed by atoms with van der Waals surface area (Å²) in [5.41, 5.74) is 9.11. The van der Waals surface area contributed by atoms with Crippen molar-refractivity contribution in [3.05, 3.63) is 28.8 Å². The van der Waals surface area contributed by atoms with Crippen molar-refractivity contribution in [2.75, 3.05) is 14.2 Å². The van der Waals surface area contributed by atoms with Crippen LogP contribution in [-0.2, 0) is 11.2 Å². The molecule has 138 valence electrons. The van der Waals surface area contributed by atoms with Gasteiger partial charge in [-0.05, 0) is 56.7 Å². The Hall–Kier alpha value is -2.17. The molecule has 1 heterocycles. The summed E-state index contributed by atoms with van der Waals surface area (Å²) in [4.78, 5) is 12.2. The quantitative estimate of drug-likeness (QED) is 0.776. The van der Waals surface area contributed by atoms with Crippen LogP contribution in [0.25, 0.3) is 5.70 Å². The number of amides is 1. The van der Waals surface area contributed by atoms with Gasteiger partial charge in [-0.15, -0.1) is 0 Å². The lowest BCUT2D eigenvalue weighted by atomic mass is 9.83. The van der Waals surface area contributed by atoms with E-state index in [2.05, 4.69) is 33.0 Å². The normalized spacial score (nSPS) is 17.6. The topological polar surface area (TPSA) is 73.6 Å². The number of carbonyl (C=O) groups excluding carboxylic acids is 1. The molecule has 1 aliphatic heterocycles. The van der Waals surface area contributed by atoms with Gasteiger partial charge in [0.05, 0.1) is 19.9 Å². The van der Waals surface area contributed by atoms with Crippen LogP contribution >= 0.6 is 0 Å². The Bertz CT molecular complexity index is 690. The van der Waals surface area contributed by atoms with E-state index in [1.54, 1.807) is 14.2 Å². The average Bonchev–Trinajstić information content (AvgIpc) is 2.52. The molecule has 0 fully saturated rings. The smallest absolute Gasteiger partial charge is 0.246 e. The van der Waals surface area contributed by atoms with Gasteiger partial charge in [-0.25, -0.2) is 0 Å². The molecule has 1 aromatic carbocycles. The number of nitrogens with two attached hydrogens (primary N) is 1. The molecule has 1 amide bonds. The number of hydrogen-bond donors (Lipinski definition) is 2. The minimum Gasteiger partial charge on any atom is -0.493 e. The molecule has 25 heavy (non-hydrogen) atoms. The van der Waals surface area contributed by atoms with Gasteiger partial charge >= 0.3 is 0 Å². The number of carbonyl (C=O) groups is 1. The number of ether oxygens (including phenoxy) is 2. The van der Waals surface area contributed by atoms with E-state index in [0.29, 0.717) is 29.4 Å². The van der Waals surface area contributed by atoms with Crippen LogP contribution in [0.4, 0.5) is 0 Å². The van der Waals surface area contributed by atoms with Crippen LogP contribution in [0.1, 0.15) is 51.7 Å². The summed E-state index contributed by atoms with van der Waals surface area (Å²) in [7, 11) is 3.24. The van der Waals surface area contributed by atoms with Gasteiger partial charge in [0.15, 0.2) is 11.5 Å². The molecular weight excluding hydrogens is 316 g/mol. The Balaban J connectivity index is 2.65. The number of fused-ring (bicyclic) bond motifs is 1. The summed E-state index contributed by atoms with van der Waals surface area (Å²) >= 11 is 0. The predicted octanol–water partition coefficient (Wildman–Crippen LogP) is 3.26. The molecule has 3 N–H and O–H groups in total. The summed E-state index contributed by atoms with van der Waals surface area (Å²) in [5, 5.41) is 3.53. The van der Waals surface area contributed by atoms with Crippen LogP contribution in [0.2, 0.25) is 0 Å². The second-order valence-electron chi connectivity index (χ2n) is 7.70. The van der Waals surface area contributed by atoms with E-state index in [9.17, 15) is 4.79 Å². The van der Waals surface area contributed by atoms with E-state index in [-0.39, 0.29) is 11.4 Å². The first-order valence-corrected chi connectivity index (χ1v) is 8.75. The molecule has 5 heteroatoms. The zero-order chi connectivity index (χ0) is 18.8. The highest BCUT2D eigenvalue weighted by molar-refractivity contribution is 6.00. The zero-order valence-electron chi connectivity index (χ0n) is 16.2. The highest BCUT2D eigenvalue weighted by Crippen LogP contribution is 2.39. The Morgan fingerprint density at radius 1 is 1.24 bits per heavy atom. The van der Waals surface area contributed by atoms with E-state index in [1.807, 2.05) is 12.1 Å². The third-order valence-corrected chi connectivity index (χ3v) is 4.55. The number of hydrogen-bond acceptors (Lipinski definition) is 4. The summed E-state index contributed by atoms with van der Waals surface area (Å²) in [6.07, 6.45) is 2.38. The molecule has 0 saturated carbocycles. The first kappa shape index (κ1) is 19.2. The second-order valence-corrected chi connectivity index (χ2v) is 7.70. The lowest BCUT2D eigenvalue weighted by Gasteiger charge is -2.37. The van der Waals surface area contributed by atoms with Gasteiger partial charge < -0.3 is 20.5 Å².